The highest BCUT2D eigenvalue weighted by molar-refractivity contribution is 7.18. The molecule has 26 heavy (non-hydrogen) atoms. The lowest BCUT2D eigenvalue weighted by atomic mass is 10.0. The van der Waals surface area contributed by atoms with E-state index in [0.29, 0.717) is 15.7 Å². The van der Waals surface area contributed by atoms with Gasteiger partial charge in [0.2, 0.25) is 5.78 Å². The van der Waals surface area contributed by atoms with Gasteiger partial charge >= 0.3 is 0 Å². The molecule has 0 saturated heterocycles. The van der Waals surface area contributed by atoms with Crippen molar-refractivity contribution in [3.8, 4) is 17.3 Å². The molecule has 4 aromatic rings. The number of rotatable bonds is 4. The van der Waals surface area contributed by atoms with Crippen LogP contribution in [0.5, 0.6) is 0 Å². The Balaban J connectivity index is 1.65. The molecule has 0 aliphatic carbocycles. The molecule has 0 unspecified atom stereocenters. The standard InChI is InChI=1S/C19H11ClN4OS/c20-12-7-5-11(6-8-12)15-9-16(24-23-15)18(25)13(10-21)19-22-14-3-1-2-4-17(14)26-19/h1-9,13H,(H,23,24)/t13-/m0/s1. The molecule has 0 spiro atoms. The van der Waals surface area contributed by atoms with Crippen molar-refractivity contribution < 1.29 is 4.79 Å². The molecule has 2 aromatic carbocycles. The molecule has 126 valence electrons. The minimum Gasteiger partial charge on any atom is -0.290 e. The Morgan fingerprint density at radius 2 is 1.96 bits per heavy atom. The molecule has 0 aliphatic rings. The van der Waals surface area contributed by atoms with Crippen molar-refractivity contribution >= 4 is 38.9 Å². The maximum absolute atomic E-state index is 12.8. The van der Waals surface area contributed by atoms with Crippen LogP contribution in [-0.2, 0) is 0 Å². The van der Waals surface area contributed by atoms with Gasteiger partial charge in [-0.15, -0.1) is 11.3 Å². The summed E-state index contributed by atoms with van der Waals surface area (Å²) in [6, 6.07) is 18.4. The van der Waals surface area contributed by atoms with Crippen LogP contribution in [0.1, 0.15) is 21.4 Å². The molecule has 2 aromatic heterocycles. The summed E-state index contributed by atoms with van der Waals surface area (Å²) < 4.78 is 0.946. The predicted octanol–water partition coefficient (Wildman–Crippen LogP) is 4.83. The fourth-order valence-electron chi connectivity index (χ4n) is 2.61. The van der Waals surface area contributed by atoms with Crippen molar-refractivity contribution in [3.05, 3.63) is 70.3 Å². The molecule has 0 saturated carbocycles. The average Bonchev–Trinajstić information content (AvgIpc) is 3.30. The van der Waals surface area contributed by atoms with Crippen LogP contribution >= 0.6 is 22.9 Å². The van der Waals surface area contributed by atoms with E-state index in [4.69, 9.17) is 11.6 Å². The number of nitriles is 1. The van der Waals surface area contributed by atoms with Gasteiger partial charge in [0.25, 0.3) is 0 Å². The highest BCUT2D eigenvalue weighted by Crippen LogP contribution is 2.30. The van der Waals surface area contributed by atoms with Gasteiger partial charge in [0.1, 0.15) is 10.7 Å². The van der Waals surface area contributed by atoms with Gasteiger partial charge in [0.15, 0.2) is 5.92 Å². The Bertz CT molecular complexity index is 1110. The van der Waals surface area contributed by atoms with Crippen molar-refractivity contribution in [1.82, 2.24) is 15.2 Å². The molecule has 0 bridgehead atoms. The van der Waals surface area contributed by atoms with Gasteiger partial charge in [-0.1, -0.05) is 35.9 Å². The molecular weight excluding hydrogens is 368 g/mol. The van der Waals surface area contributed by atoms with Crippen molar-refractivity contribution in [2.75, 3.05) is 0 Å². The lowest BCUT2D eigenvalue weighted by Gasteiger charge is -2.01. The molecule has 7 heteroatoms. The summed E-state index contributed by atoms with van der Waals surface area (Å²) >= 11 is 7.25. The number of aromatic nitrogens is 3. The number of fused-ring (bicyclic) bond motifs is 1. The number of halogens is 1. The van der Waals surface area contributed by atoms with Gasteiger partial charge < -0.3 is 0 Å². The number of nitrogens with zero attached hydrogens (tertiary/aromatic N) is 3. The predicted molar refractivity (Wildman–Crippen MR) is 101 cm³/mol. The molecule has 0 radical (unpaired) electrons. The van der Waals surface area contributed by atoms with E-state index in [9.17, 15) is 10.1 Å². The number of thiazole rings is 1. The van der Waals surface area contributed by atoms with Gasteiger partial charge in [0, 0.05) is 10.6 Å². The van der Waals surface area contributed by atoms with Crippen LogP contribution in [0.3, 0.4) is 0 Å². The Morgan fingerprint density at radius 1 is 1.19 bits per heavy atom. The zero-order chi connectivity index (χ0) is 18.1. The zero-order valence-corrected chi connectivity index (χ0v) is 14.9. The number of H-pyrrole nitrogens is 1. The van der Waals surface area contributed by atoms with Crippen LogP contribution < -0.4 is 0 Å². The third-order valence-corrected chi connectivity index (χ3v) is 5.29. The monoisotopic (exact) mass is 378 g/mol. The number of Topliss-reactive ketones (excluding diaryl/α,β-unsaturated/α-hetero) is 1. The lowest BCUT2D eigenvalue weighted by Crippen LogP contribution is -2.11. The molecule has 1 N–H and O–H groups in total. The van der Waals surface area contributed by atoms with E-state index in [1.165, 1.54) is 11.3 Å². The fraction of sp³-hybridized carbons (Fsp3) is 0.0526. The highest BCUT2D eigenvalue weighted by atomic mass is 35.5. The molecule has 0 amide bonds. The lowest BCUT2D eigenvalue weighted by molar-refractivity contribution is 0.0974. The van der Waals surface area contributed by atoms with E-state index in [0.717, 1.165) is 15.8 Å². The first-order valence-electron chi connectivity index (χ1n) is 7.76. The fourth-order valence-corrected chi connectivity index (χ4v) is 3.75. The average molecular weight is 379 g/mol. The summed E-state index contributed by atoms with van der Waals surface area (Å²) in [5, 5.41) is 17.6. The van der Waals surface area contributed by atoms with Crippen LogP contribution in [0.25, 0.3) is 21.5 Å². The van der Waals surface area contributed by atoms with Crippen molar-refractivity contribution in [2.24, 2.45) is 0 Å². The van der Waals surface area contributed by atoms with Gasteiger partial charge in [-0.25, -0.2) is 4.98 Å². The van der Waals surface area contributed by atoms with E-state index in [1.54, 1.807) is 18.2 Å². The van der Waals surface area contributed by atoms with Crippen LogP contribution in [-0.4, -0.2) is 21.0 Å². The third-order valence-electron chi connectivity index (χ3n) is 3.93. The van der Waals surface area contributed by atoms with E-state index in [2.05, 4.69) is 21.3 Å². The number of hydrogen-bond acceptors (Lipinski definition) is 5. The first-order valence-corrected chi connectivity index (χ1v) is 8.96. The second-order valence-electron chi connectivity index (χ2n) is 5.62. The van der Waals surface area contributed by atoms with Gasteiger partial charge in [-0.2, -0.15) is 10.4 Å². The topological polar surface area (TPSA) is 82.4 Å². The minimum absolute atomic E-state index is 0.278. The molecule has 0 aliphatic heterocycles. The molecule has 0 fully saturated rings. The number of hydrogen-bond donors (Lipinski definition) is 1. The summed E-state index contributed by atoms with van der Waals surface area (Å²) in [7, 11) is 0. The normalized spacial score (nSPS) is 12.0. The van der Waals surface area contributed by atoms with Crippen LogP contribution in [0.15, 0.2) is 54.6 Å². The Hall–Kier alpha value is -3.01. The molecular formula is C19H11ClN4OS. The van der Waals surface area contributed by atoms with Gasteiger partial charge in [0.05, 0.1) is 22.0 Å². The number of benzene rings is 2. The summed E-state index contributed by atoms with van der Waals surface area (Å²) in [4.78, 5) is 17.2. The SMILES string of the molecule is N#C[C@@H](C(=O)c1cc(-c2ccc(Cl)cc2)n[nH]1)c1nc2ccccc2s1. The quantitative estimate of drug-likeness (QED) is 0.515. The highest BCUT2D eigenvalue weighted by Gasteiger charge is 2.27. The summed E-state index contributed by atoms with van der Waals surface area (Å²) in [5.74, 6) is -1.31. The van der Waals surface area contributed by atoms with E-state index >= 15 is 0 Å². The minimum atomic E-state index is -0.967. The van der Waals surface area contributed by atoms with Gasteiger partial charge in [-0.05, 0) is 30.3 Å². The molecule has 4 rings (SSSR count). The number of carbonyl (C=O) groups excluding carboxylic acids is 1. The summed E-state index contributed by atoms with van der Waals surface area (Å²) in [6.07, 6.45) is 0. The maximum atomic E-state index is 12.8. The molecule has 2 heterocycles. The van der Waals surface area contributed by atoms with Crippen molar-refractivity contribution in [2.45, 2.75) is 5.92 Å². The molecule has 1 atom stereocenters. The summed E-state index contributed by atoms with van der Waals surface area (Å²) in [5.41, 5.74) is 2.51. The smallest absolute Gasteiger partial charge is 0.204 e. The third kappa shape index (κ3) is 2.99. The largest absolute Gasteiger partial charge is 0.290 e. The first-order chi connectivity index (χ1) is 12.7. The zero-order valence-electron chi connectivity index (χ0n) is 13.3. The Morgan fingerprint density at radius 3 is 2.69 bits per heavy atom. The first kappa shape index (κ1) is 16.5. The Labute approximate surface area is 157 Å². The molecule has 5 nitrogen and oxygen atoms in total. The number of carbonyl (C=O) groups is 1. The van der Waals surface area contributed by atoms with Crippen molar-refractivity contribution in [3.63, 3.8) is 0 Å². The van der Waals surface area contributed by atoms with Gasteiger partial charge in [-0.3, -0.25) is 9.89 Å². The van der Waals surface area contributed by atoms with Crippen LogP contribution in [0.4, 0.5) is 0 Å². The summed E-state index contributed by atoms with van der Waals surface area (Å²) in [6.45, 7) is 0. The second-order valence-corrected chi connectivity index (χ2v) is 7.12. The van der Waals surface area contributed by atoms with Crippen LogP contribution in [0, 0.1) is 11.3 Å². The number of aromatic amines is 1. The van der Waals surface area contributed by atoms with E-state index in [-0.39, 0.29) is 11.5 Å². The maximum Gasteiger partial charge on any atom is 0.204 e. The second kappa shape index (κ2) is 6.71. The Kier molecular flexibility index (Phi) is 4.25. The number of para-hydroxylation sites is 1. The van der Waals surface area contributed by atoms with Crippen molar-refractivity contribution in [1.29, 1.82) is 5.26 Å². The van der Waals surface area contributed by atoms with Crippen LogP contribution in [0.2, 0.25) is 5.02 Å². The number of nitrogens with one attached hydrogen (secondary N) is 1. The number of ketones is 1. The van der Waals surface area contributed by atoms with E-state index < -0.39 is 5.92 Å². The van der Waals surface area contributed by atoms with E-state index in [1.807, 2.05) is 36.4 Å².